The molecule has 0 spiro atoms. The molecule has 5 aliphatic carbocycles. The highest BCUT2D eigenvalue weighted by Crippen LogP contribution is 2.73. The first-order valence-corrected chi connectivity index (χ1v) is 19.8. The molecule has 280 valence electrons. The lowest BCUT2D eigenvalue weighted by atomic mass is 9.35. The number of carbonyl (C=O) groups excluding carboxylic acids is 2. The van der Waals surface area contributed by atoms with Gasteiger partial charge in [0.15, 0.2) is 12.1 Å². The second kappa shape index (κ2) is 13.1. The number of Topliss-reactive ketones (excluding diaryl/α,β-unsaturated/α-hetero) is 1. The van der Waals surface area contributed by atoms with Crippen molar-refractivity contribution in [2.45, 2.75) is 137 Å². The van der Waals surface area contributed by atoms with E-state index in [0.717, 1.165) is 77.5 Å². The molecule has 0 amide bonds. The lowest BCUT2D eigenvalue weighted by Crippen LogP contribution is -2.72. The predicted molar refractivity (Wildman–Crippen MR) is 190 cm³/mol. The van der Waals surface area contributed by atoms with Gasteiger partial charge >= 0.3 is 5.97 Å². The van der Waals surface area contributed by atoms with Crippen LogP contribution in [0.25, 0.3) is 0 Å². The second-order valence-electron chi connectivity index (χ2n) is 19.6. The van der Waals surface area contributed by atoms with Gasteiger partial charge in [-0.25, -0.2) is 0 Å². The molecular formula is C40H69N3O6. The van der Waals surface area contributed by atoms with Gasteiger partial charge in [-0.1, -0.05) is 48.5 Å². The quantitative estimate of drug-likeness (QED) is 0.216. The molecule has 1 heterocycles. The third-order valence-corrected chi connectivity index (χ3v) is 16.3. The number of carbonyl (C=O) groups is 2. The molecule has 12 unspecified atom stereocenters. The van der Waals surface area contributed by atoms with E-state index in [1.807, 2.05) is 0 Å². The molecule has 6 aliphatic rings. The van der Waals surface area contributed by atoms with E-state index in [9.17, 15) is 24.9 Å². The SMILES string of the molecule is CC(C)C1C(O)CC2(C(=O)CN3CCN(C)CC3)CCC3C4(C)CCC5C(C)C(OC(=O)CC(C)(C)C(O)O)CCC5(C)C4CCC3(N)C12. The van der Waals surface area contributed by atoms with Crippen LogP contribution in [0, 0.1) is 63.1 Å². The van der Waals surface area contributed by atoms with E-state index in [2.05, 4.69) is 51.5 Å². The normalized spacial score (nSPS) is 46.2. The van der Waals surface area contributed by atoms with Crippen molar-refractivity contribution in [2.24, 2.45) is 68.8 Å². The van der Waals surface area contributed by atoms with Gasteiger partial charge < -0.3 is 30.7 Å². The van der Waals surface area contributed by atoms with Gasteiger partial charge in [-0.05, 0) is 117 Å². The number of fused-ring (bicyclic) bond motifs is 7. The maximum Gasteiger partial charge on any atom is 0.306 e. The molecule has 6 fully saturated rings. The second-order valence-corrected chi connectivity index (χ2v) is 19.6. The minimum absolute atomic E-state index is 0.00668. The van der Waals surface area contributed by atoms with E-state index in [1.165, 1.54) is 0 Å². The molecular weight excluding hydrogens is 618 g/mol. The van der Waals surface area contributed by atoms with E-state index < -0.39 is 28.8 Å². The Morgan fingerprint density at radius 3 is 2.20 bits per heavy atom. The number of piperazine rings is 1. The Hall–Kier alpha value is -1.10. The van der Waals surface area contributed by atoms with E-state index in [4.69, 9.17) is 10.5 Å². The van der Waals surface area contributed by atoms with Crippen LogP contribution in [0.4, 0.5) is 0 Å². The zero-order valence-corrected chi connectivity index (χ0v) is 31.9. The van der Waals surface area contributed by atoms with E-state index in [1.54, 1.807) is 13.8 Å². The number of aliphatic hydroxyl groups is 3. The molecule has 6 rings (SSSR count). The Morgan fingerprint density at radius 1 is 0.939 bits per heavy atom. The first-order chi connectivity index (χ1) is 22.8. The molecule has 0 radical (unpaired) electrons. The molecule has 1 aliphatic heterocycles. The molecule has 12 atom stereocenters. The Kier molecular flexibility index (Phi) is 10.1. The topological polar surface area (TPSA) is 137 Å². The van der Waals surface area contributed by atoms with Gasteiger partial charge in [-0.3, -0.25) is 14.5 Å². The summed E-state index contributed by atoms with van der Waals surface area (Å²) in [5, 5.41) is 31.2. The summed E-state index contributed by atoms with van der Waals surface area (Å²) >= 11 is 0. The summed E-state index contributed by atoms with van der Waals surface area (Å²) < 4.78 is 6.09. The fourth-order valence-corrected chi connectivity index (χ4v) is 13.6. The van der Waals surface area contributed by atoms with Crippen LogP contribution in [0.2, 0.25) is 0 Å². The molecule has 1 saturated heterocycles. The largest absolute Gasteiger partial charge is 0.462 e. The molecule has 0 aromatic carbocycles. The summed E-state index contributed by atoms with van der Waals surface area (Å²) in [5.74, 6) is 1.71. The Morgan fingerprint density at radius 2 is 1.57 bits per heavy atom. The number of rotatable bonds is 8. The van der Waals surface area contributed by atoms with E-state index in [-0.39, 0.29) is 53.0 Å². The average Bonchev–Trinajstić information content (AvgIpc) is 3.34. The van der Waals surface area contributed by atoms with Gasteiger partial charge in [0.1, 0.15) is 6.10 Å². The molecule has 0 aromatic rings. The number of nitrogens with two attached hydrogens (primary N) is 1. The van der Waals surface area contributed by atoms with E-state index >= 15 is 0 Å². The summed E-state index contributed by atoms with van der Waals surface area (Å²) in [7, 11) is 2.15. The van der Waals surface area contributed by atoms with Crippen LogP contribution in [0.1, 0.15) is 113 Å². The Bertz CT molecular complexity index is 1250. The number of aliphatic hydroxyl groups excluding tert-OH is 2. The molecule has 9 heteroatoms. The Labute approximate surface area is 296 Å². The van der Waals surface area contributed by atoms with Crippen LogP contribution in [-0.2, 0) is 14.3 Å². The fraction of sp³-hybridized carbons (Fsp3) is 0.950. The molecule has 9 nitrogen and oxygen atoms in total. The lowest BCUT2D eigenvalue weighted by Gasteiger charge is -2.70. The molecule has 0 bridgehead atoms. The predicted octanol–water partition coefficient (Wildman–Crippen LogP) is 4.45. The zero-order chi connectivity index (χ0) is 35.9. The molecule has 5 N–H and O–H groups in total. The van der Waals surface area contributed by atoms with Crippen LogP contribution in [0.15, 0.2) is 0 Å². The number of esters is 1. The number of hydrogen-bond donors (Lipinski definition) is 4. The third-order valence-electron chi connectivity index (χ3n) is 16.3. The van der Waals surface area contributed by atoms with Crippen molar-refractivity contribution in [1.29, 1.82) is 0 Å². The van der Waals surface area contributed by atoms with Crippen molar-refractivity contribution in [3.05, 3.63) is 0 Å². The number of hydrogen-bond acceptors (Lipinski definition) is 9. The van der Waals surface area contributed by atoms with Crippen LogP contribution in [0.3, 0.4) is 0 Å². The summed E-state index contributed by atoms with van der Waals surface area (Å²) in [5.41, 5.74) is 6.08. The Balaban J connectivity index is 1.24. The van der Waals surface area contributed by atoms with Crippen LogP contribution < -0.4 is 5.73 Å². The fourth-order valence-electron chi connectivity index (χ4n) is 13.6. The number of ether oxygens (including phenoxy) is 1. The maximum absolute atomic E-state index is 14.7. The van der Waals surface area contributed by atoms with Crippen molar-refractivity contribution in [3.8, 4) is 0 Å². The molecule has 49 heavy (non-hydrogen) atoms. The zero-order valence-electron chi connectivity index (χ0n) is 31.9. The minimum atomic E-state index is -1.58. The number of nitrogens with zero attached hydrogens (tertiary/aromatic N) is 2. The highest BCUT2D eigenvalue weighted by Gasteiger charge is 2.72. The van der Waals surface area contributed by atoms with Gasteiger partial charge in [0.25, 0.3) is 0 Å². The number of likely N-dealkylation sites (N-methyl/N-ethyl adjacent to an activating group) is 1. The third kappa shape index (κ3) is 6.06. The van der Waals surface area contributed by atoms with Crippen LogP contribution in [0.5, 0.6) is 0 Å². The number of ketones is 1. The summed E-state index contributed by atoms with van der Waals surface area (Å²) in [6.07, 6.45) is 6.01. The van der Waals surface area contributed by atoms with Gasteiger partial charge in [0.2, 0.25) is 0 Å². The highest BCUT2D eigenvalue weighted by atomic mass is 16.5. The van der Waals surface area contributed by atoms with Crippen molar-refractivity contribution < 1.29 is 29.6 Å². The minimum Gasteiger partial charge on any atom is -0.462 e. The smallest absolute Gasteiger partial charge is 0.306 e. The monoisotopic (exact) mass is 688 g/mol. The summed E-state index contributed by atoms with van der Waals surface area (Å²) in [6.45, 7) is 19.4. The standard InChI is InChI=1S/C40H69N3O6/c1-24(2)33-27(44)21-39(31(45)23-43-19-17-42(8)18-20-43)15-11-30-38(7)13-9-26-25(3)28(49-32(46)22-36(4,5)35(47)48)10-14-37(26,6)29(38)12-16-40(30,41)34(33)39/h24-30,33-35,44,47-48H,9-23,41H2,1-8H3. The highest BCUT2D eigenvalue weighted by molar-refractivity contribution is 5.88. The van der Waals surface area contributed by atoms with Crippen molar-refractivity contribution in [1.82, 2.24) is 9.80 Å². The van der Waals surface area contributed by atoms with Crippen LogP contribution >= 0.6 is 0 Å². The molecule has 0 aromatic heterocycles. The lowest BCUT2D eigenvalue weighted by molar-refractivity contribution is -0.211. The first kappa shape index (κ1) is 37.7. The summed E-state index contributed by atoms with van der Waals surface area (Å²) in [4.78, 5) is 32.3. The first-order valence-electron chi connectivity index (χ1n) is 19.8. The van der Waals surface area contributed by atoms with Crippen molar-refractivity contribution in [2.75, 3.05) is 39.8 Å². The van der Waals surface area contributed by atoms with Crippen molar-refractivity contribution in [3.63, 3.8) is 0 Å². The van der Waals surface area contributed by atoms with Gasteiger partial charge in [0, 0.05) is 42.5 Å². The van der Waals surface area contributed by atoms with Crippen molar-refractivity contribution >= 4 is 11.8 Å². The van der Waals surface area contributed by atoms with Gasteiger partial charge in [0.05, 0.1) is 19.1 Å². The van der Waals surface area contributed by atoms with Gasteiger partial charge in [-0.2, -0.15) is 0 Å². The van der Waals surface area contributed by atoms with Gasteiger partial charge in [-0.15, -0.1) is 0 Å². The van der Waals surface area contributed by atoms with Crippen LogP contribution in [-0.4, -0.2) is 101 Å². The molecule has 5 saturated carbocycles. The van der Waals surface area contributed by atoms with E-state index in [0.29, 0.717) is 36.5 Å². The summed E-state index contributed by atoms with van der Waals surface area (Å²) in [6, 6.07) is 0. The average molecular weight is 688 g/mol. The maximum atomic E-state index is 14.7.